The lowest BCUT2D eigenvalue weighted by Crippen LogP contribution is -2.19. The summed E-state index contributed by atoms with van der Waals surface area (Å²) in [4.78, 5) is 29.5. The molecule has 29 heavy (non-hydrogen) atoms. The summed E-state index contributed by atoms with van der Waals surface area (Å²) in [5.41, 5.74) is 2.06. The summed E-state index contributed by atoms with van der Waals surface area (Å²) in [6, 6.07) is 16.1. The molecule has 0 fully saturated rings. The highest BCUT2D eigenvalue weighted by Crippen LogP contribution is 2.40. The zero-order chi connectivity index (χ0) is 20.4. The molecule has 2 aromatic heterocycles. The van der Waals surface area contributed by atoms with Gasteiger partial charge in [0, 0.05) is 5.69 Å². The summed E-state index contributed by atoms with van der Waals surface area (Å²) in [6.45, 7) is 1.64. The maximum Gasteiger partial charge on any atom is 0.342 e. The second kappa shape index (κ2) is 7.76. The number of urea groups is 1. The van der Waals surface area contributed by atoms with Gasteiger partial charge in [-0.1, -0.05) is 30.3 Å². The predicted molar refractivity (Wildman–Crippen MR) is 112 cm³/mol. The molecule has 2 aromatic carbocycles. The zero-order valence-electron chi connectivity index (χ0n) is 15.7. The van der Waals surface area contributed by atoms with Gasteiger partial charge in [-0.2, -0.15) is 0 Å². The van der Waals surface area contributed by atoms with Gasteiger partial charge in [0.05, 0.1) is 22.9 Å². The number of thiazole rings is 1. The first-order valence-electron chi connectivity index (χ1n) is 8.77. The Balaban J connectivity index is 1.75. The Labute approximate surface area is 170 Å². The molecule has 2 heterocycles. The van der Waals surface area contributed by atoms with Crippen molar-refractivity contribution in [3.8, 4) is 10.6 Å². The van der Waals surface area contributed by atoms with E-state index in [0.717, 1.165) is 10.2 Å². The van der Waals surface area contributed by atoms with Gasteiger partial charge in [-0.25, -0.2) is 14.6 Å². The van der Waals surface area contributed by atoms with Crippen LogP contribution in [0.1, 0.15) is 16.1 Å². The summed E-state index contributed by atoms with van der Waals surface area (Å²) in [5, 5.41) is 5.96. The maximum absolute atomic E-state index is 12.5. The second-order valence-electron chi connectivity index (χ2n) is 6.16. The third-order valence-electron chi connectivity index (χ3n) is 4.24. The van der Waals surface area contributed by atoms with E-state index in [1.807, 2.05) is 42.5 Å². The molecule has 4 rings (SSSR count). The minimum atomic E-state index is -0.558. The summed E-state index contributed by atoms with van der Waals surface area (Å²) >= 11 is 1.40. The van der Waals surface area contributed by atoms with E-state index >= 15 is 0 Å². The van der Waals surface area contributed by atoms with Crippen LogP contribution in [0.4, 0.5) is 16.4 Å². The number of carbonyl (C=O) groups is 2. The van der Waals surface area contributed by atoms with Gasteiger partial charge >= 0.3 is 12.0 Å². The van der Waals surface area contributed by atoms with Crippen molar-refractivity contribution in [2.24, 2.45) is 0 Å². The quantitative estimate of drug-likeness (QED) is 0.448. The summed E-state index contributed by atoms with van der Waals surface area (Å²) in [7, 11) is 1.30. The van der Waals surface area contributed by atoms with Crippen molar-refractivity contribution >= 4 is 45.1 Å². The highest BCUT2D eigenvalue weighted by Gasteiger charge is 2.28. The minimum Gasteiger partial charge on any atom is -0.465 e. The van der Waals surface area contributed by atoms with Crippen molar-refractivity contribution in [3.63, 3.8) is 0 Å². The number of carbonyl (C=O) groups excluding carboxylic acids is 2. The summed E-state index contributed by atoms with van der Waals surface area (Å²) in [6.07, 6.45) is 0. The van der Waals surface area contributed by atoms with E-state index in [1.165, 1.54) is 18.4 Å². The Morgan fingerprint density at radius 1 is 1.03 bits per heavy atom. The van der Waals surface area contributed by atoms with E-state index in [2.05, 4.69) is 15.6 Å². The second-order valence-corrected chi connectivity index (χ2v) is 7.19. The van der Waals surface area contributed by atoms with E-state index in [9.17, 15) is 9.59 Å². The Morgan fingerprint density at radius 2 is 1.76 bits per heavy atom. The van der Waals surface area contributed by atoms with Gasteiger partial charge in [0.1, 0.15) is 16.3 Å². The van der Waals surface area contributed by atoms with Crippen molar-refractivity contribution in [2.75, 3.05) is 17.7 Å². The number of esters is 1. The number of para-hydroxylation sites is 2. The molecule has 0 radical (unpaired) electrons. The number of hydrogen-bond acceptors (Lipinski definition) is 6. The van der Waals surface area contributed by atoms with E-state index in [-0.39, 0.29) is 11.4 Å². The number of benzene rings is 2. The highest BCUT2D eigenvalue weighted by atomic mass is 32.1. The Morgan fingerprint density at radius 3 is 2.48 bits per heavy atom. The number of hydrogen-bond donors (Lipinski definition) is 2. The highest BCUT2D eigenvalue weighted by molar-refractivity contribution is 7.21. The SMILES string of the molecule is COC(=O)c1c(C)oc(NC(=O)Nc2ccccc2)c1-c1nc2ccccc2s1. The van der Waals surface area contributed by atoms with Crippen LogP contribution in [0.3, 0.4) is 0 Å². The van der Waals surface area contributed by atoms with E-state index in [4.69, 9.17) is 9.15 Å². The Kier molecular flexibility index (Phi) is 5.01. The van der Waals surface area contributed by atoms with Gasteiger partial charge in [0.25, 0.3) is 0 Å². The van der Waals surface area contributed by atoms with Crippen molar-refractivity contribution < 1.29 is 18.7 Å². The van der Waals surface area contributed by atoms with Crippen LogP contribution in [0.5, 0.6) is 0 Å². The molecule has 0 bridgehead atoms. The average molecular weight is 407 g/mol. The molecule has 0 aliphatic heterocycles. The Bertz CT molecular complexity index is 1160. The lowest BCUT2D eigenvalue weighted by molar-refractivity contribution is 0.0599. The van der Waals surface area contributed by atoms with Crippen molar-refractivity contribution in [1.82, 2.24) is 4.98 Å². The molecule has 0 aliphatic rings. The standard InChI is InChI=1S/C21H17N3O4S/c1-12-16(20(25)27-2)17(19-23-14-10-6-7-11-15(14)29-19)18(28-12)24-21(26)22-13-8-4-3-5-9-13/h3-11H,1-2H3,(H2,22,24,26). The number of methoxy groups -OCH3 is 1. The largest absolute Gasteiger partial charge is 0.465 e. The number of ether oxygens (including phenoxy) is 1. The fourth-order valence-electron chi connectivity index (χ4n) is 2.95. The van der Waals surface area contributed by atoms with E-state index < -0.39 is 12.0 Å². The van der Waals surface area contributed by atoms with Gasteiger partial charge in [0.15, 0.2) is 0 Å². The number of furan rings is 1. The first-order chi connectivity index (χ1) is 14.1. The van der Waals surface area contributed by atoms with Gasteiger partial charge < -0.3 is 14.5 Å². The predicted octanol–water partition coefficient (Wildman–Crippen LogP) is 5.30. The fourth-order valence-corrected chi connectivity index (χ4v) is 3.96. The number of aryl methyl sites for hydroxylation is 1. The molecule has 0 spiro atoms. The molecular formula is C21H17N3O4S. The van der Waals surface area contributed by atoms with Crippen LogP contribution in [0.2, 0.25) is 0 Å². The number of nitrogens with zero attached hydrogens (tertiary/aromatic N) is 1. The molecule has 2 N–H and O–H groups in total. The molecule has 0 unspecified atom stereocenters. The van der Waals surface area contributed by atoms with Crippen LogP contribution < -0.4 is 10.6 Å². The number of anilines is 2. The van der Waals surface area contributed by atoms with Crippen LogP contribution in [-0.4, -0.2) is 24.1 Å². The number of amides is 2. The summed E-state index contributed by atoms with van der Waals surface area (Å²) < 4.78 is 11.6. The van der Waals surface area contributed by atoms with E-state index in [1.54, 1.807) is 19.1 Å². The molecular weight excluding hydrogens is 390 g/mol. The van der Waals surface area contributed by atoms with Crippen molar-refractivity contribution in [2.45, 2.75) is 6.92 Å². The molecule has 4 aromatic rings. The Hall–Kier alpha value is -3.65. The maximum atomic E-state index is 12.5. The first-order valence-corrected chi connectivity index (χ1v) is 9.59. The number of nitrogens with one attached hydrogen (secondary N) is 2. The van der Waals surface area contributed by atoms with Gasteiger partial charge in [0.2, 0.25) is 5.88 Å². The van der Waals surface area contributed by atoms with Gasteiger partial charge in [-0.15, -0.1) is 11.3 Å². The molecule has 0 aliphatic carbocycles. The van der Waals surface area contributed by atoms with Crippen LogP contribution in [0, 0.1) is 6.92 Å². The molecule has 146 valence electrons. The molecule has 2 amide bonds. The fraction of sp³-hybridized carbons (Fsp3) is 0.0952. The monoisotopic (exact) mass is 407 g/mol. The first kappa shape index (κ1) is 18.7. The van der Waals surface area contributed by atoms with Gasteiger partial charge in [-0.3, -0.25) is 5.32 Å². The third kappa shape index (κ3) is 3.70. The minimum absolute atomic E-state index is 0.135. The molecule has 7 nitrogen and oxygen atoms in total. The van der Waals surface area contributed by atoms with Crippen LogP contribution in [-0.2, 0) is 4.74 Å². The number of rotatable bonds is 4. The zero-order valence-corrected chi connectivity index (χ0v) is 16.5. The third-order valence-corrected chi connectivity index (χ3v) is 5.29. The van der Waals surface area contributed by atoms with Crippen molar-refractivity contribution in [1.29, 1.82) is 0 Å². The topological polar surface area (TPSA) is 93.5 Å². The smallest absolute Gasteiger partial charge is 0.342 e. The summed E-state index contributed by atoms with van der Waals surface area (Å²) in [5.74, 6) is -0.0893. The lowest BCUT2D eigenvalue weighted by atomic mass is 10.1. The van der Waals surface area contributed by atoms with Gasteiger partial charge in [-0.05, 0) is 31.2 Å². The lowest BCUT2D eigenvalue weighted by Gasteiger charge is -2.07. The van der Waals surface area contributed by atoms with E-state index in [0.29, 0.717) is 22.0 Å². The molecule has 8 heteroatoms. The van der Waals surface area contributed by atoms with Crippen molar-refractivity contribution in [3.05, 3.63) is 65.9 Å². The normalized spacial score (nSPS) is 10.7. The van der Waals surface area contributed by atoms with Crippen LogP contribution in [0.25, 0.3) is 20.8 Å². The molecule has 0 atom stereocenters. The number of aromatic nitrogens is 1. The molecule has 0 saturated heterocycles. The average Bonchev–Trinajstić information content (AvgIpc) is 3.28. The van der Waals surface area contributed by atoms with Crippen LogP contribution >= 0.6 is 11.3 Å². The molecule has 0 saturated carbocycles. The number of fused-ring (bicyclic) bond motifs is 1. The van der Waals surface area contributed by atoms with Crippen LogP contribution in [0.15, 0.2) is 59.0 Å².